The lowest BCUT2D eigenvalue weighted by atomic mass is 10.2. The minimum Gasteiger partial charge on any atom is -0.310 e. The number of rotatable bonds is 4. The summed E-state index contributed by atoms with van der Waals surface area (Å²) in [6, 6.07) is 10.7. The van der Waals surface area contributed by atoms with Crippen molar-refractivity contribution in [3.8, 4) is 0 Å². The van der Waals surface area contributed by atoms with Crippen molar-refractivity contribution in [2.24, 2.45) is 5.92 Å². The van der Waals surface area contributed by atoms with Gasteiger partial charge in [0.1, 0.15) is 4.90 Å². The molecule has 5 nitrogen and oxygen atoms in total. The molecule has 4 rings (SSSR count). The largest absolute Gasteiger partial charge is 0.310 e. The number of sulfonamides is 1. The zero-order chi connectivity index (χ0) is 18.5. The molecule has 1 amide bonds. The predicted molar refractivity (Wildman–Crippen MR) is 105 cm³/mol. The molecule has 136 valence electrons. The van der Waals surface area contributed by atoms with Gasteiger partial charge in [-0.05, 0) is 55.5 Å². The molecule has 0 saturated heterocycles. The highest BCUT2D eigenvalue weighted by atomic mass is 79.9. The molecule has 0 radical (unpaired) electrons. The summed E-state index contributed by atoms with van der Waals surface area (Å²) < 4.78 is 29.7. The van der Waals surface area contributed by atoms with Gasteiger partial charge in [-0.25, -0.2) is 8.42 Å². The normalized spacial score (nSPS) is 16.5. The molecule has 1 aliphatic heterocycles. The van der Waals surface area contributed by atoms with Gasteiger partial charge in [0.25, 0.3) is 10.0 Å². The van der Waals surface area contributed by atoms with Gasteiger partial charge in [-0.3, -0.25) is 9.52 Å². The first kappa shape index (κ1) is 17.5. The van der Waals surface area contributed by atoms with E-state index in [0.29, 0.717) is 28.8 Å². The van der Waals surface area contributed by atoms with Crippen LogP contribution < -0.4 is 9.62 Å². The first-order valence-electron chi connectivity index (χ1n) is 8.59. The predicted octanol–water partition coefficient (Wildman–Crippen LogP) is 3.86. The molecule has 0 unspecified atom stereocenters. The lowest BCUT2D eigenvalue weighted by Crippen LogP contribution is -2.31. The zero-order valence-electron chi connectivity index (χ0n) is 14.3. The van der Waals surface area contributed by atoms with Crippen LogP contribution in [0.3, 0.4) is 0 Å². The fourth-order valence-electron chi connectivity index (χ4n) is 3.33. The molecule has 2 aromatic rings. The number of anilines is 2. The highest BCUT2D eigenvalue weighted by Crippen LogP contribution is 2.41. The number of benzene rings is 2. The van der Waals surface area contributed by atoms with Gasteiger partial charge in [-0.2, -0.15) is 0 Å². The van der Waals surface area contributed by atoms with E-state index >= 15 is 0 Å². The Balaban J connectivity index is 1.79. The van der Waals surface area contributed by atoms with Gasteiger partial charge in [-0.15, -0.1) is 0 Å². The Bertz CT molecular complexity index is 1000. The summed E-state index contributed by atoms with van der Waals surface area (Å²) in [5, 5.41) is 0. The van der Waals surface area contributed by atoms with E-state index in [0.717, 1.165) is 24.0 Å². The number of nitrogens with zero attached hydrogens (tertiary/aromatic N) is 1. The van der Waals surface area contributed by atoms with Gasteiger partial charge < -0.3 is 4.90 Å². The Labute approximate surface area is 161 Å². The Hall–Kier alpha value is -1.86. The van der Waals surface area contributed by atoms with Crippen molar-refractivity contribution in [1.29, 1.82) is 0 Å². The number of hydrogen-bond acceptors (Lipinski definition) is 3. The minimum atomic E-state index is -3.83. The molecule has 1 heterocycles. The van der Waals surface area contributed by atoms with Gasteiger partial charge >= 0.3 is 0 Å². The average Bonchev–Trinajstić information content (AvgIpc) is 3.35. The highest BCUT2D eigenvalue weighted by Gasteiger charge is 2.39. The molecule has 7 heteroatoms. The molecule has 0 spiro atoms. The quantitative estimate of drug-likeness (QED) is 0.794. The molecule has 1 saturated carbocycles. The number of nitrogens with one attached hydrogen (secondary N) is 1. The fraction of sp³-hybridized carbons (Fsp3) is 0.316. The second-order valence-electron chi connectivity index (χ2n) is 6.85. The summed E-state index contributed by atoms with van der Waals surface area (Å²) in [4.78, 5) is 14.5. The number of carbonyl (C=O) groups is 1. The summed E-state index contributed by atoms with van der Waals surface area (Å²) in [7, 11) is -3.83. The van der Waals surface area contributed by atoms with E-state index < -0.39 is 10.0 Å². The first-order chi connectivity index (χ1) is 12.4. The zero-order valence-corrected chi connectivity index (χ0v) is 16.7. The van der Waals surface area contributed by atoms with Gasteiger partial charge in [0, 0.05) is 16.9 Å². The second kappa shape index (κ2) is 6.39. The molecule has 1 fully saturated rings. The number of carbonyl (C=O) groups excluding carboxylic acids is 1. The van der Waals surface area contributed by atoms with Crippen molar-refractivity contribution in [3.63, 3.8) is 0 Å². The first-order valence-corrected chi connectivity index (χ1v) is 10.9. The molecule has 26 heavy (non-hydrogen) atoms. The van der Waals surface area contributed by atoms with Gasteiger partial charge in [-0.1, -0.05) is 34.1 Å². The van der Waals surface area contributed by atoms with Crippen LogP contribution in [0.2, 0.25) is 0 Å². The third-order valence-corrected chi connectivity index (χ3v) is 6.70. The van der Waals surface area contributed by atoms with Gasteiger partial charge in [0.05, 0.1) is 11.4 Å². The van der Waals surface area contributed by atoms with Crippen LogP contribution in [0.25, 0.3) is 0 Å². The van der Waals surface area contributed by atoms with E-state index in [-0.39, 0.29) is 16.7 Å². The van der Waals surface area contributed by atoms with Crippen molar-refractivity contribution in [3.05, 3.63) is 52.0 Å². The lowest BCUT2D eigenvalue weighted by molar-refractivity contribution is -0.119. The van der Waals surface area contributed by atoms with E-state index in [2.05, 4.69) is 20.7 Å². The van der Waals surface area contributed by atoms with Crippen LogP contribution in [0.4, 0.5) is 11.4 Å². The number of amides is 1. The summed E-state index contributed by atoms with van der Waals surface area (Å²) in [6.45, 7) is 2.39. The number of para-hydroxylation sites is 1. The third kappa shape index (κ3) is 3.14. The van der Waals surface area contributed by atoms with E-state index in [9.17, 15) is 13.2 Å². The standard InChI is InChI=1S/C19H19BrN2O3S/c1-12-4-2-3-5-16(12)21-26(24,25)17-11-15(20)10-14-8-9-22(18(14)17)19(23)13-6-7-13/h2-5,10-11,13,21H,6-9H2,1H3. The summed E-state index contributed by atoms with van der Waals surface area (Å²) in [5.41, 5.74) is 2.80. The SMILES string of the molecule is Cc1ccccc1NS(=O)(=O)c1cc(Br)cc2c1N(C(=O)C1CC1)CC2. The second-order valence-corrected chi connectivity index (χ2v) is 9.41. The van der Waals surface area contributed by atoms with Crippen LogP contribution >= 0.6 is 15.9 Å². The maximum absolute atomic E-state index is 13.1. The Morgan fingerprint density at radius 2 is 1.96 bits per heavy atom. The topological polar surface area (TPSA) is 66.5 Å². The average molecular weight is 435 g/mol. The van der Waals surface area contributed by atoms with Gasteiger partial charge in [0.15, 0.2) is 0 Å². The van der Waals surface area contributed by atoms with Crippen molar-refractivity contribution in [1.82, 2.24) is 0 Å². The highest BCUT2D eigenvalue weighted by molar-refractivity contribution is 9.10. The van der Waals surface area contributed by atoms with Crippen molar-refractivity contribution in [2.75, 3.05) is 16.2 Å². The van der Waals surface area contributed by atoms with Crippen LogP contribution in [0.15, 0.2) is 45.8 Å². The van der Waals surface area contributed by atoms with Gasteiger partial charge in [0.2, 0.25) is 5.91 Å². The van der Waals surface area contributed by atoms with E-state index in [4.69, 9.17) is 0 Å². The number of hydrogen-bond donors (Lipinski definition) is 1. The maximum Gasteiger partial charge on any atom is 0.264 e. The molecule has 1 N–H and O–H groups in total. The summed E-state index contributed by atoms with van der Waals surface area (Å²) in [6.07, 6.45) is 2.45. The Kier molecular flexibility index (Phi) is 4.31. The molecular weight excluding hydrogens is 416 g/mol. The number of fused-ring (bicyclic) bond motifs is 1. The molecule has 0 bridgehead atoms. The van der Waals surface area contributed by atoms with E-state index in [1.54, 1.807) is 23.1 Å². The summed E-state index contributed by atoms with van der Waals surface area (Å²) in [5.74, 6) is 0.0860. The minimum absolute atomic E-state index is 0.0402. The Morgan fingerprint density at radius 1 is 1.23 bits per heavy atom. The van der Waals surface area contributed by atoms with E-state index in [1.165, 1.54) is 0 Å². The summed E-state index contributed by atoms with van der Waals surface area (Å²) >= 11 is 3.41. The number of halogens is 1. The molecular formula is C19H19BrN2O3S. The molecule has 0 atom stereocenters. The van der Waals surface area contributed by atoms with Crippen molar-refractivity contribution in [2.45, 2.75) is 31.1 Å². The molecule has 2 aliphatic rings. The van der Waals surface area contributed by atoms with Crippen LogP contribution in [0.1, 0.15) is 24.0 Å². The Morgan fingerprint density at radius 3 is 2.65 bits per heavy atom. The van der Waals surface area contributed by atoms with Crippen LogP contribution in [0, 0.1) is 12.8 Å². The molecule has 0 aromatic heterocycles. The maximum atomic E-state index is 13.1. The molecule has 2 aromatic carbocycles. The van der Waals surface area contributed by atoms with Crippen LogP contribution in [0.5, 0.6) is 0 Å². The monoisotopic (exact) mass is 434 g/mol. The lowest BCUT2D eigenvalue weighted by Gasteiger charge is -2.21. The fourth-order valence-corrected chi connectivity index (χ4v) is 5.40. The van der Waals surface area contributed by atoms with Crippen LogP contribution in [-0.2, 0) is 21.2 Å². The number of aryl methyl sites for hydroxylation is 1. The smallest absolute Gasteiger partial charge is 0.264 e. The van der Waals surface area contributed by atoms with Crippen molar-refractivity contribution < 1.29 is 13.2 Å². The van der Waals surface area contributed by atoms with Crippen molar-refractivity contribution >= 4 is 43.2 Å². The van der Waals surface area contributed by atoms with Crippen LogP contribution in [-0.4, -0.2) is 20.9 Å². The third-order valence-electron chi connectivity index (χ3n) is 4.86. The van der Waals surface area contributed by atoms with E-state index in [1.807, 2.05) is 25.1 Å². The molecule has 1 aliphatic carbocycles.